The lowest BCUT2D eigenvalue weighted by molar-refractivity contribution is -0.121. The van der Waals surface area contributed by atoms with E-state index < -0.39 is 0 Å². The number of hydrazone groups is 1. The fourth-order valence-electron chi connectivity index (χ4n) is 1.92. The highest BCUT2D eigenvalue weighted by Crippen LogP contribution is 2.19. The SMILES string of the molecule is O=C(CCN1CCOCC1)NN=Cc1ccc(Cl)cc1Cl. The number of nitrogens with one attached hydrogen (secondary N) is 1. The van der Waals surface area contributed by atoms with E-state index in [2.05, 4.69) is 15.4 Å². The zero-order valence-electron chi connectivity index (χ0n) is 11.5. The van der Waals surface area contributed by atoms with E-state index in [0.29, 0.717) is 28.6 Å². The maximum Gasteiger partial charge on any atom is 0.241 e. The molecule has 0 spiro atoms. The van der Waals surface area contributed by atoms with Crippen LogP contribution < -0.4 is 5.43 Å². The second kappa shape index (κ2) is 8.34. The quantitative estimate of drug-likeness (QED) is 0.665. The smallest absolute Gasteiger partial charge is 0.241 e. The Hall–Kier alpha value is -1.14. The van der Waals surface area contributed by atoms with Gasteiger partial charge in [0.2, 0.25) is 5.91 Å². The molecule has 1 aromatic rings. The summed E-state index contributed by atoms with van der Waals surface area (Å²) in [4.78, 5) is 13.9. The van der Waals surface area contributed by atoms with E-state index in [-0.39, 0.29) is 5.91 Å². The van der Waals surface area contributed by atoms with Crippen molar-refractivity contribution in [3.63, 3.8) is 0 Å². The van der Waals surface area contributed by atoms with Gasteiger partial charge in [-0.05, 0) is 12.1 Å². The minimum atomic E-state index is -0.122. The van der Waals surface area contributed by atoms with Crippen molar-refractivity contribution in [1.29, 1.82) is 0 Å². The van der Waals surface area contributed by atoms with Crippen molar-refractivity contribution in [3.05, 3.63) is 33.8 Å². The summed E-state index contributed by atoms with van der Waals surface area (Å²) in [7, 11) is 0. The van der Waals surface area contributed by atoms with E-state index in [1.54, 1.807) is 18.2 Å². The van der Waals surface area contributed by atoms with Crippen molar-refractivity contribution in [2.45, 2.75) is 6.42 Å². The molecular weight excluding hydrogens is 313 g/mol. The molecule has 0 aromatic heterocycles. The Labute approximate surface area is 133 Å². The lowest BCUT2D eigenvalue weighted by atomic mass is 10.2. The minimum Gasteiger partial charge on any atom is -0.379 e. The highest BCUT2D eigenvalue weighted by atomic mass is 35.5. The first-order valence-electron chi connectivity index (χ1n) is 6.72. The van der Waals surface area contributed by atoms with E-state index in [0.717, 1.165) is 26.3 Å². The van der Waals surface area contributed by atoms with Gasteiger partial charge in [0.1, 0.15) is 0 Å². The van der Waals surface area contributed by atoms with Crippen LogP contribution in [0.5, 0.6) is 0 Å². The number of benzene rings is 1. The highest BCUT2D eigenvalue weighted by Gasteiger charge is 2.11. The molecule has 0 unspecified atom stereocenters. The van der Waals surface area contributed by atoms with Crippen LogP contribution in [0, 0.1) is 0 Å². The summed E-state index contributed by atoms with van der Waals surface area (Å²) in [6.07, 6.45) is 1.91. The summed E-state index contributed by atoms with van der Waals surface area (Å²) in [6, 6.07) is 5.09. The topological polar surface area (TPSA) is 53.9 Å². The molecule has 21 heavy (non-hydrogen) atoms. The Morgan fingerprint density at radius 3 is 2.86 bits per heavy atom. The first-order chi connectivity index (χ1) is 10.1. The maximum absolute atomic E-state index is 11.7. The lowest BCUT2D eigenvalue weighted by Gasteiger charge is -2.25. The number of carbonyl (C=O) groups excluding carboxylic acids is 1. The van der Waals surface area contributed by atoms with Crippen LogP contribution in [0.25, 0.3) is 0 Å². The number of hydrogen-bond donors (Lipinski definition) is 1. The van der Waals surface area contributed by atoms with E-state index >= 15 is 0 Å². The third-order valence-corrected chi connectivity index (χ3v) is 3.68. The summed E-state index contributed by atoms with van der Waals surface area (Å²) >= 11 is 11.8. The molecule has 0 aliphatic carbocycles. The Morgan fingerprint density at radius 2 is 2.14 bits per heavy atom. The first kappa shape index (κ1) is 16.2. The van der Waals surface area contributed by atoms with E-state index in [1.807, 2.05) is 0 Å². The van der Waals surface area contributed by atoms with Crippen LogP contribution in [0.2, 0.25) is 10.0 Å². The molecule has 2 rings (SSSR count). The summed E-state index contributed by atoms with van der Waals surface area (Å²) in [6.45, 7) is 3.92. The molecule has 1 aliphatic rings. The molecule has 0 bridgehead atoms. The average Bonchev–Trinajstić information content (AvgIpc) is 2.48. The molecule has 0 saturated carbocycles. The van der Waals surface area contributed by atoms with E-state index in [4.69, 9.17) is 27.9 Å². The zero-order valence-corrected chi connectivity index (χ0v) is 13.0. The Kier molecular flexibility index (Phi) is 6.45. The predicted molar refractivity (Wildman–Crippen MR) is 84.1 cm³/mol. The molecular formula is C14H17Cl2N3O2. The minimum absolute atomic E-state index is 0.122. The van der Waals surface area contributed by atoms with Crippen LogP contribution in [0.15, 0.2) is 23.3 Å². The third-order valence-electron chi connectivity index (χ3n) is 3.11. The monoisotopic (exact) mass is 329 g/mol. The Bertz CT molecular complexity index is 517. The van der Waals surface area contributed by atoms with Crippen molar-refractivity contribution in [3.8, 4) is 0 Å². The first-order valence-corrected chi connectivity index (χ1v) is 7.48. The molecule has 1 aliphatic heterocycles. The predicted octanol–water partition coefficient (Wildman–Crippen LogP) is 2.17. The van der Waals surface area contributed by atoms with Gasteiger partial charge in [0.05, 0.1) is 24.5 Å². The van der Waals surface area contributed by atoms with E-state index in [9.17, 15) is 4.79 Å². The Morgan fingerprint density at radius 1 is 1.38 bits per heavy atom. The molecule has 1 fully saturated rings. The van der Waals surface area contributed by atoms with Gasteiger partial charge in [0, 0.05) is 36.6 Å². The number of nitrogens with zero attached hydrogens (tertiary/aromatic N) is 2. The van der Waals surface area contributed by atoms with Gasteiger partial charge in [-0.3, -0.25) is 9.69 Å². The van der Waals surface area contributed by atoms with Crippen LogP contribution >= 0.6 is 23.2 Å². The third kappa shape index (κ3) is 5.63. The van der Waals surface area contributed by atoms with Crippen molar-refractivity contribution in [1.82, 2.24) is 10.3 Å². The zero-order chi connectivity index (χ0) is 15.1. The normalized spacial score (nSPS) is 16.3. The van der Waals surface area contributed by atoms with Crippen molar-refractivity contribution in [2.24, 2.45) is 5.10 Å². The number of hydrogen-bond acceptors (Lipinski definition) is 4. The molecule has 1 N–H and O–H groups in total. The van der Waals surface area contributed by atoms with E-state index in [1.165, 1.54) is 6.21 Å². The number of rotatable bonds is 5. The van der Waals surface area contributed by atoms with Crippen LogP contribution in [0.4, 0.5) is 0 Å². The van der Waals surface area contributed by atoms with Gasteiger partial charge in [0.15, 0.2) is 0 Å². The van der Waals surface area contributed by atoms with Crippen molar-refractivity contribution >= 4 is 35.3 Å². The number of halogens is 2. The summed E-state index contributed by atoms with van der Waals surface area (Å²) in [5, 5.41) is 4.96. The molecule has 1 amide bonds. The van der Waals surface area contributed by atoms with Crippen LogP contribution in [0.1, 0.15) is 12.0 Å². The van der Waals surface area contributed by atoms with Crippen LogP contribution in [-0.4, -0.2) is 49.9 Å². The molecule has 1 aromatic carbocycles. The summed E-state index contributed by atoms with van der Waals surface area (Å²) < 4.78 is 5.25. The fourth-order valence-corrected chi connectivity index (χ4v) is 2.38. The molecule has 5 nitrogen and oxygen atoms in total. The molecule has 1 heterocycles. The van der Waals surface area contributed by atoms with Gasteiger partial charge < -0.3 is 4.74 Å². The summed E-state index contributed by atoms with van der Waals surface area (Å²) in [5.74, 6) is -0.122. The van der Waals surface area contributed by atoms with Crippen molar-refractivity contribution < 1.29 is 9.53 Å². The molecule has 0 atom stereocenters. The van der Waals surface area contributed by atoms with Gasteiger partial charge in [0.25, 0.3) is 0 Å². The largest absolute Gasteiger partial charge is 0.379 e. The second-order valence-corrected chi connectivity index (χ2v) is 5.51. The van der Waals surface area contributed by atoms with Gasteiger partial charge in [-0.25, -0.2) is 5.43 Å². The molecule has 114 valence electrons. The molecule has 0 radical (unpaired) electrons. The standard InChI is InChI=1S/C14H17Cl2N3O2/c15-12-2-1-11(13(16)9-12)10-17-18-14(20)3-4-19-5-7-21-8-6-19/h1-2,9-10H,3-8H2,(H,18,20). The Balaban J connectivity index is 1.73. The number of morpholine rings is 1. The van der Waals surface area contributed by atoms with Gasteiger partial charge >= 0.3 is 0 Å². The molecule has 1 saturated heterocycles. The fraction of sp³-hybridized carbons (Fsp3) is 0.429. The van der Waals surface area contributed by atoms with Crippen molar-refractivity contribution in [2.75, 3.05) is 32.8 Å². The van der Waals surface area contributed by atoms with Crippen LogP contribution in [0.3, 0.4) is 0 Å². The maximum atomic E-state index is 11.7. The lowest BCUT2D eigenvalue weighted by Crippen LogP contribution is -2.38. The van der Waals surface area contributed by atoms with Gasteiger partial charge in [-0.15, -0.1) is 0 Å². The van der Waals surface area contributed by atoms with Gasteiger partial charge in [-0.2, -0.15) is 5.10 Å². The van der Waals surface area contributed by atoms with Crippen LogP contribution in [-0.2, 0) is 9.53 Å². The summed E-state index contributed by atoms with van der Waals surface area (Å²) in [5.41, 5.74) is 3.20. The number of carbonyl (C=O) groups is 1. The number of amides is 1. The highest BCUT2D eigenvalue weighted by molar-refractivity contribution is 6.36. The second-order valence-electron chi connectivity index (χ2n) is 4.66. The van der Waals surface area contributed by atoms with Gasteiger partial charge in [-0.1, -0.05) is 29.3 Å². The number of ether oxygens (including phenoxy) is 1. The molecule has 7 heteroatoms. The average molecular weight is 330 g/mol.